The molecule has 7 nitrogen and oxygen atoms in total. The van der Waals surface area contributed by atoms with E-state index in [2.05, 4.69) is 15.0 Å². The molecule has 4 atom stereocenters. The summed E-state index contributed by atoms with van der Waals surface area (Å²) in [7, 11) is -2.81. The largest absolute Gasteiger partial charge is 0.417 e. The number of sulfone groups is 1. The molecule has 4 aliphatic rings. The summed E-state index contributed by atoms with van der Waals surface area (Å²) in [6.07, 6.45) is 0.845. The Balaban J connectivity index is 1.18. The van der Waals surface area contributed by atoms with Gasteiger partial charge >= 0.3 is 6.18 Å². The predicted molar refractivity (Wildman–Crippen MR) is 123 cm³/mol. The zero-order valence-corrected chi connectivity index (χ0v) is 20.3. The number of nitrogens with zero attached hydrogens (tertiary/aromatic N) is 4. The summed E-state index contributed by atoms with van der Waals surface area (Å²) in [5.41, 5.74) is 5.40. The summed E-state index contributed by atoms with van der Waals surface area (Å²) in [6, 6.07) is 1.58. The molecule has 34 heavy (non-hydrogen) atoms. The molecule has 1 aromatic heterocycles. The van der Waals surface area contributed by atoms with Crippen molar-refractivity contribution in [2.75, 3.05) is 31.1 Å². The highest BCUT2D eigenvalue weighted by atomic mass is 32.2. The maximum absolute atomic E-state index is 13.0. The molecule has 1 spiro atoms. The Labute approximate surface area is 198 Å². The topological polar surface area (TPSA) is 91.9 Å². The molecule has 2 saturated heterocycles. The molecule has 0 amide bonds. The number of fused-ring (bicyclic) bond motifs is 1. The Morgan fingerprint density at radius 1 is 1.29 bits per heavy atom. The van der Waals surface area contributed by atoms with E-state index in [9.17, 15) is 21.6 Å². The standard InChI is InChI=1S/C23H32F3N5O2S/c1-14(2)31(29-21(27)15-5-16(9-28-8-15)23(24,25)26)10-20-18-6-17(7-19(18)20)30-4-3-22(11-30)12-34(32,33)13-22/h5,8-9,14,17-20H,3-4,6-7,10-13H2,1-2H3,(H2,27,29)/t17?,18-,19+,20?. The highest BCUT2D eigenvalue weighted by Gasteiger charge is 2.59. The molecule has 0 radical (unpaired) electrons. The van der Waals surface area contributed by atoms with Crippen LogP contribution in [-0.4, -0.2) is 72.4 Å². The van der Waals surface area contributed by atoms with Gasteiger partial charge in [-0.25, -0.2) is 8.42 Å². The fourth-order valence-electron chi connectivity index (χ4n) is 6.44. The highest BCUT2D eigenvalue weighted by molar-refractivity contribution is 7.92. The molecular weight excluding hydrogens is 467 g/mol. The Bertz CT molecular complexity index is 1070. The quantitative estimate of drug-likeness (QED) is 0.368. The molecule has 0 bridgehead atoms. The van der Waals surface area contributed by atoms with Crippen molar-refractivity contribution in [2.24, 2.45) is 34.0 Å². The third kappa shape index (κ3) is 4.53. The van der Waals surface area contributed by atoms with Gasteiger partial charge < -0.3 is 5.73 Å². The van der Waals surface area contributed by atoms with E-state index in [0.717, 1.165) is 51.2 Å². The van der Waals surface area contributed by atoms with Gasteiger partial charge in [0.1, 0.15) is 0 Å². The molecule has 2 saturated carbocycles. The van der Waals surface area contributed by atoms with Crippen LogP contribution in [0.15, 0.2) is 23.6 Å². The van der Waals surface area contributed by atoms with Gasteiger partial charge in [0.15, 0.2) is 15.7 Å². The van der Waals surface area contributed by atoms with E-state index in [1.807, 2.05) is 18.9 Å². The summed E-state index contributed by atoms with van der Waals surface area (Å²) in [6.45, 7) is 6.63. The summed E-state index contributed by atoms with van der Waals surface area (Å²) in [4.78, 5) is 6.19. The van der Waals surface area contributed by atoms with Crippen molar-refractivity contribution in [1.29, 1.82) is 0 Å². The van der Waals surface area contributed by atoms with Crippen LogP contribution in [0.4, 0.5) is 13.2 Å². The number of rotatable bonds is 6. The van der Waals surface area contributed by atoms with Crippen LogP contribution in [0.25, 0.3) is 0 Å². The number of alkyl halides is 3. The Hall–Kier alpha value is -1.88. The SMILES string of the molecule is CC(C)N(CC1[C@H]2CC(N3CCC4(C3)CS(=O)(=O)C4)C[C@@H]12)/N=C(\N)c1cncc(C(F)(F)F)c1. The van der Waals surface area contributed by atoms with Gasteiger partial charge in [-0.05, 0) is 63.5 Å². The minimum Gasteiger partial charge on any atom is -0.382 e. The van der Waals surface area contributed by atoms with Gasteiger partial charge in [0.05, 0.1) is 17.1 Å². The first-order valence-electron chi connectivity index (χ1n) is 11.9. The van der Waals surface area contributed by atoms with Gasteiger partial charge in [0.2, 0.25) is 0 Å². The molecule has 2 N–H and O–H groups in total. The normalized spacial score (nSPS) is 32.1. The first-order chi connectivity index (χ1) is 15.9. The van der Waals surface area contributed by atoms with Crippen molar-refractivity contribution in [3.63, 3.8) is 0 Å². The first kappa shape index (κ1) is 23.8. The second-order valence-electron chi connectivity index (χ2n) is 11.0. The van der Waals surface area contributed by atoms with Crippen LogP contribution in [0.2, 0.25) is 0 Å². The average molecular weight is 500 g/mol. The van der Waals surface area contributed by atoms with Crippen LogP contribution < -0.4 is 5.73 Å². The van der Waals surface area contributed by atoms with E-state index in [1.54, 1.807) is 0 Å². The molecule has 5 rings (SSSR count). The second-order valence-corrected chi connectivity index (χ2v) is 13.1. The zero-order chi connectivity index (χ0) is 24.5. The summed E-state index contributed by atoms with van der Waals surface area (Å²) >= 11 is 0. The van der Waals surface area contributed by atoms with Crippen LogP contribution in [0.5, 0.6) is 0 Å². The molecule has 4 fully saturated rings. The Morgan fingerprint density at radius 3 is 2.56 bits per heavy atom. The van der Waals surface area contributed by atoms with Gasteiger partial charge in [-0.1, -0.05) is 0 Å². The number of likely N-dealkylation sites (tertiary alicyclic amines) is 1. The molecule has 3 heterocycles. The Kier molecular flexibility index (Phi) is 5.66. The fourth-order valence-corrected chi connectivity index (χ4v) is 8.69. The number of hydrazone groups is 1. The van der Waals surface area contributed by atoms with Crippen LogP contribution >= 0.6 is 0 Å². The number of hydrogen-bond acceptors (Lipinski definition) is 6. The fraction of sp³-hybridized carbons (Fsp3) is 0.739. The second kappa shape index (κ2) is 8.08. The summed E-state index contributed by atoms with van der Waals surface area (Å²) in [5.74, 6) is 2.49. The maximum atomic E-state index is 13.0. The lowest BCUT2D eigenvalue weighted by Gasteiger charge is -2.38. The lowest BCUT2D eigenvalue weighted by atomic mass is 9.91. The predicted octanol–water partition coefficient (Wildman–Crippen LogP) is 2.58. The van der Waals surface area contributed by atoms with Crippen molar-refractivity contribution in [1.82, 2.24) is 14.9 Å². The minimum absolute atomic E-state index is 0.00394. The highest BCUT2D eigenvalue weighted by Crippen LogP contribution is 2.59. The van der Waals surface area contributed by atoms with E-state index in [-0.39, 0.29) is 22.9 Å². The van der Waals surface area contributed by atoms with Crippen LogP contribution in [0.3, 0.4) is 0 Å². The number of aromatic nitrogens is 1. The lowest BCUT2D eigenvalue weighted by molar-refractivity contribution is -0.137. The third-order valence-electron chi connectivity index (χ3n) is 8.23. The summed E-state index contributed by atoms with van der Waals surface area (Å²) < 4.78 is 62.4. The molecule has 2 aliphatic carbocycles. The van der Waals surface area contributed by atoms with Crippen molar-refractivity contribution < 1.29 is 21.6 Å². The molecule has 1 aromatic rings. The summed E-state index contributed by atoms with van der Waals surface area (Å²) in [5, 5.41) is 6.36. The van der Waals surface area contributed by atoms with E-state index in [1.165, 1.54) is 6.20 Å². The van der Waals surface area contributed by atoms with Crippen molar-refractivity contribution in [3.05, 3.63) is 29.6 Å². The maximum Gasteiger partial charge on any atom is 0.417 e. The van der Waals surface area contributed by atoms with Gasteiger partial charge in [0, 0.05) is 48.5 Å². The lowest BCUT2D eigenvalue weighted by Crippen LogP contribution is -2.50. The molecule has 2 unspecified atom stereocenters. The Morgan fingerprint density at radius 2 is 1.97 bits per heavy atom. The van der Waals surface area contributed by atoms with Crippen molar-refractivity contribution in [2.45, 2.75) is 51.4 Å². The minimum atomic E-state index is -4.48. The van der Waals surface area contributed by atoms with E-state index >= 15 is 0 Å². The number of halogens is 3. The monoisotopic (exact) mass is 499 g/mol. The van der Waals surface area contributed by atoms with Crippen LogP contribution in [0, 0.1) is 23.2 Å². The van der Waals surface area contributed by atoms with E-state index < -0.39 is 21.6 Å². The molecule has 11 heteroatoms. The molecule has 2 aliphatic heterocycles. The average Bonchev–Trinajstić information content (AvgIpc) is 3.08. The number of hydrogen-bond donors (Lipinski definition) is 1. The van der Waals surface area contributed by atoms with Gasteiger partial charge in [-0.15, -0.1) is 0 Å². The molecular formula is C23H32F3N5O2S. The molecule has 0 aromatic carbocycles. The molecule has 188 valence electrons. The third-order valence-corrected chi connectivity index (χ3v) is 10.3. The van der Waals surface area contributed by atoms with Crippen molar-refractivity contribution >= 4 is 15.7 Å². The van der Waals surface area contributed by atoms with E-state index in [4.69, 9.17) is 5.73 Å². The van der Waals surface area contributed by atoms with Crippen LogP contribution in [0.1, 0.15) is 44.2 Å². The first-order valence-corrected chi connectivity index (χ1v) is 13.8. The van der Waals surface area contributed by atoms with Gasteiger partial charge in [-0.3, -0.25) is 14.9 Å². The van der Waals surface area contributed by atoms with Gasteiger partial charge in [0.25, 0.3) is 0 Å². The van der Waals surface area contributed by atoms with Crippen LogP contribution in [-0.2, 0) is 16.0 Å². The number of pyridine rings is 1. The zero-order valence-electron chi connectivity index (χ0n) is 19.5. The van der Waals surface area contributed by atoms with Gasteiger partial charge in [-0.2, -0.15) is 18.3 Å². The van der Waals surface area contributed by atoms with Crippen molar-refractivity contribution in [3.8, 4) is 0 Å². The van der Waals surface area contributed by atoms with E-state index in [0.29, 0.717) is 35.3 Å². The number of nitrogens with two attached hydrogens (primary N) is 1. The number of amidine groups is 1. The smallest absolute Gasteiger partial charge is 0.382 e.